The third kappa shape index (κ3) is 4.35. The second kappa shape index (κ2) is 10.7. The summed E-state index contributed by atoms with van der Waals surface area (Å²) in [6.07, 6.45) is 14.9. The summed E-state index contributed by atoms with van der Waals surface area (Å²) in [7, 11) is 0. The number of carbonyl (C=O) groups excluding carboxylic acids is 1. The number of aromatic amines is 1. The van der Waals surface area contributed by atoms with Crippen molar-refractivity contribution in [2.24, 2.45) is 17.6 Å². The number of halogens is 1. The zero-order valence-corrected chi connectivity index (χ0v) is 22.1. The number of amides is 1. The number of rotatable bonds is 6. The zero-order valence-electron chi connectivity index (χ0n) is 21.2. The van der Waals surface area contributed by atoms with Gasteiger partial charge in [-0.15, -0.1) is 12.4 Å². The molecule has 2 aromatic heterocycles. The van der Waals surface area contributed by atoms with E-state index < -0.39 is 5.54 Å². The maximum Gasteiger partial charge on any atom is 0.244 e. The lowest BCUT2D eigenvalue weighted by molar-refractivity contribution is -0.135. The van der Waals surface area contributed by atoms with Gasteiger partial charge in [-0.3, -0.25) is 4.79 Å². The molecule has 7 heteroatoms. The Labute approximate surface area is 224 Å². The molecule has 4 aromatic rings. The maximum absolute atomic E-state index is 13.9. The average molecular weight is 518 g/mol. The summed E-state index contributed by atoms with van der Waals surface area (Å²) in [4.78, 5) is 26.6. The quantitative estimate of drug-likeness (QED) is 0.293. The van der Waals surface area contributed by atoms with Gasteiger partial charge < -0.3 is 15.3 Å². The number of nitrogens with one attached hydrogen (secondary N) is 1. The van der Waals surface area contributed by atoms with Crippen molar-refractivity contribution in [3.63, 3.8) is 0 Å². The number of nitrogens with zero attached hydrogens (tertiary/aromatic N) is 3. The molecule has 0 spiro atoms. The van der Waals surface area contributed by atoms with Crippen molar-refractivity contribution in [1.82, 2.24) is 19.5 Å². The molecule has 2 aromatic carbocycles. The number of hydrogen-bond donors (Lipinski definition) is 2. The molecular weight excluding hydrogens is 482 g/mol. The van der Waals surface area contributed by atoms with Crippen molar-refractivity contribution < 1.29 is 4.79 Å². The van der Waals surface area contributed by atoms with E-state index >= 15 is 0 Å². The topological polar surface area (TPSA) is 89.6 Å². The van der Waals surface area contributed by atoms with E-state index in [-0.39, 0.29) is 30.2 Å². The highest BCUT2D eigenvalue weighted by Crippen LogP contribution is 2.50. The van der Waals surface area contributed by atoms with Crippen LogP contribution >= 0.6 is 12.4 Å². The van der Waals surface area contributed by atoms with Gasteiger partial charge in [-0.25, -0.2) is 9.97 Å². The molecule has 0 bridgehead atoms. The van der Waals surface area contributed by atoms with Crippen molar-refractivity contribution in [3.8, 4) is 22.8 Å². The van der Waals surface area contributed by atoms with Crippen LogP contribution in [0.2, 0.25) is 0 Å². The SMILES string of the molecule is Cl.NC(=O)C(C1CCCCC1)(C1CCCCC1)n1c(-c2ccc(-c3ncc[nH]3)cc2)nc2ccccc21. The molecule has 37 heavy (non-hydrogen) atoms. The normalized spacial score (nSPS) is 17.5. The van der Waals surface area contributed by atoms with Crippen LogP contribution in [0.25, 0.3) is 33.8 Å². The molecule has 3 N–H and O–H groups in total. The van der Waals surface area contributed by atoms with Crippen molar-refractivity contribution in [3.05, 3.63) is 60.9 Å². The van der Waals surface area contributed by atoms with E-state index in [0.717, 1.165) is 85.2 Å². The first-order valence-electron chi connectivity index (χ1n) is 13.6. The van der Waals surface area contributed by atoms with E-state index in [1.165, 1.54) is 12.8 Å². The Hall–Kier alpha value is -3.12. The van der Waals surface area contributed by atoms with Crippen LogP contribution in [0.15, 0.2) is 60.9 Å². The zero-order chi connectivity index (χ0) is 24.5. The fraction of sp³-hybridized carbons (Fsp3) is 0.433. The fourth-order valence-electron chi connectivity index (χ4n) is 7.09. The Morgan fingerprint density at radius 2 is 1.46 bits per heavy atom. The van der Waals surface area contributed by atoms with Crippen LogP contribution in [-0.2, 0) is 10.3 Å². The van der Waals surface area contributed by atoms with Gasteiger partial charge in [0.25, 0.3) is 0 Å². The number of carbonyl (C=O) groups is 1. The Morgan fingerprint density at radius 3 is 2.03 bits per heavy atom. The lowest BCUT2D eigenvalue weighted by atomic mass is 9.63. The minimum absolute atomic E-state index is 0. The van der Waals surface area contributed by atoms with Crippen molar-refractivity contribution in [2.45, 2.75) is 69.7 Å². The molecular formula is C30H36ClN5O. The standard InChI is InChI=1S/C30H35N5O.ClH/c31-29(36)30(23-9-3-1-4-10-23,24-11-5-2-6-12-24)35-26-14-8-7-13-25(26)34-28(35)22-17-15-21(16-18-22)27-32-19-20-33-27;/h7-8,13-20,23-24H,1-6,9-12H2,(H2,31,36)(H,32,33);1H. The lowest BCUT2D eigenvalue weighted by Gasteiger charge is -2.48. The number of nitrogens with two attached hydrogens (primary N) is 1. The summed E-state index contributed by atoms with van der Waals surface area (Å²) in [5.74, 6) is 1.96. The number of aromatic nitrogens is 4. The minimum atomic E-state index is -0.772. The van der Waals surface area contributed by atoms with Crippen LogP contribution in [0.5, 0.6) is 0 Å². The largest absolute Gasteiger partial charge is 0.368 e. The summed E-state index contributed by atoms with van der Waals surface area (Å²) in [6, 6.07) is 16.6. The molecule has 0 aliphatic heterocycles. The van der Waals surface area contributed by atoms with E-state index in [9.17, 15) is 4.79 Å². The molecule has 194 valence electrons. The van der Waals surface area contributed by atoms with Crippen LogP contribution in [-0.4, -0.2) is 25.4 Å². The van der Waals surface area contributed by atoms with E-state index in [2.05, 4.69) is 57.0 Å². The van der Waals surface area contributed by atoms with Crippen LogP contribution in [0, 0.1) is 11.8 Å². The summed E-state index contributed by atoms with van der Waals surface area (Å²) >= 11 is 0. The van der Waals surface area contributed by atoms with Gasteiger partial charge in [-0.2, -0.15) is 0 Å². The molecule has 0 unspecified atom stereocenters. The predicted molar refractivity (Wildman–Crippen MR) is 150 cm³/mol. The van der Waals surface area contributed by atoms with Crippen molar-refractivity contribution in [2.75, 3.05) is 0 Å². The summed E-state index contributed by atoms with van der Waals surface area (Å²) < 4.78 is 2.29. The van der Waals surface area contributed by atoms with Gasteiger partial charge in [0.1, 0.15) is 17.2 Å². The average Bonchev–Trinajstić information content (AvgIpc) is 3.60. The molecule has 0 atom stereocenters. The molecule has 0 saturated heterocycles. The number of H-pyrrole nitrogens is 1. The van der Waals surface area contributed by atoms with Gasteiger partial charge in [0.15, 0.2) is 0 Å². The molecule has 2 heterocycles. The molecule has 6 rings (SSSR count). The number of para-hydroxylation sites is 2. The maximum atomic E-state index is 13.9. The monoisotopic (exact) mass is 517 g/mol. The fourth-order valence-corrected chi connectivity index (χ4v) is 7.09. The third-order valence-electron chi connectivity index (χ3n) is 8.70. The highest BCUT2D eigenvalue weighted by molar-refractivity contribution is 5.90. The Balaban J connectivity index is 0.00000280. The second-order valence-electron chi connectivity index (χ2n) is 10.6. The lowest BCUT2D eigenvalue weighted by Crippen LogP contribution is -2.58. The predicted octanol–water partition coefficient (Wildman–Crippen LogP) is 6.86. The molecule has 1 amide bonds. The minimum Gasteiger partial charge on any atom is -0.368 e. The number of imidazole rings is 2. The van der Waals surface area contributed by atoms with Crippen LogP contribution in [0.1, 0.15) is 64.2 Å². The van der Waals surface area contributed by atoms with E-state index in [1.807, 2.05) is 12.3 Å². The van der Waals surface area contributed by atoms with Gasteiger partial charge in [-0.05, 0) is 49.7 Å². The molecule has 6 nitrogen and oxygen atoms in total. The van der Waals surface area contributed by atoms with Gasteiger partial charge in [0.2, 0.25) is 5.91 Å². The molecule has 2 aliphatic carbocycles. The van der Waals surface area contributed by atoms with E-state index in [1.54, 1.807) is 6.20 Å². The first-order valence-corrected chi connectivity index (χ1v) is 13.6. The van der Waals surface area contributed by atoms with Crippen LogP contribution in [0.4, 0.5) is 0 Å². The smallest absolute Gasteiger partial charge is 0.244 e. The second-order valence-corrected chi connectivity index (χ2v) is 10.6. The number of hydrogen-bond acceptors (Lipinski definition) is 3. The van der Waals surface area contributed by atoms with Gasteiger partial charge in [0, 0.05) is 23.5 Å². The van der Waals surface area contributed by atoms with Gasteiger partial charge >= 0.3 is 0 Å². The summed E-state index contributed by atoms with van der Waals surface area (Å²) in [5.41, 5.74) is 9.73. The van der Waals surface area contributed by atoms with Crippen LogP contribution in [0.3, 0.4) is 0 Å². The summed E-state index contributed by atoms with van der Waals surface area (Å²) in [5, 5.41) is 0. The number of fused-ring (bicyclic) bond motifs is 1. The Kier molecular flexibility index (Phi) is 7.38. The highest BCUT2D eigenvalue weighted by Gasteiger charge is 2.53. The third-order valence-corrected chi connectivity index (χ3v) is 8.70. The first kappa shape index (κ1) is 25.5. The van der Waals surface area contributed by atoms with Gasteiger partial charge in [0.05, 0.1) is 11.0 Å². The number of benzene rings is 2. The van der Waals surface area contributed by atoms with E-state index in [0.29, 0.717) is 0 Å². The number of primary amides is 1. The molecule has 2 saturated carbocycles. The van der Waals surface area contributed by atoms with E-state index in [4.69, 9.17) is 10.7 Å². The highest BCUT2D eigenvalue weighted by atomic mass is 35.5. The molecule has 0 radical (unpaired) electrons. The van der Waals surface area contributed by atoms with Gasteiger partial charge in [-0.1, -0.05) is 74.9 Å². The van der Waals surface area contributed by atoms with Crippen molar-refractivity contribution in [1.29, 1.82) is 0 Å². The van der Waals surface area contributed by atoms with Crippen molar-refractivity contribution >= 4 is 29.3 Å². The molecule has 2 fully saturated rings. The Bertz CT molecular complexity index is 1310. The van der Waals surface area contributed by atoms with Crippen LogP contribution < -0.4 is 5.73 Å². The summed E-state index contributed by atoms with van der Waals surface area (Å²) in [6.45, 7) is 0. The molecule has 2 aliphatic rings. The first-order chi connectivity index (χ1) is 17.7. The Morgan fingerprint density at radius 1 is 0.865 bits per heavy atom.